The van der Waals surface area contributed by atoms with Crippen LogP contribution in [0.4, 0.5) is 0 Å². The summed E-state index contributed by atoms with van der Waals surface area (Å²) < 4.78 is 10.4. The number of nitrogens with zero attached hydrogens (tertiary/aromatic N) is 1. The number of aryl methyl sites for hydroxylation is 2. The van der Waals surface area contributed by atoms with Crippen molar-refractivity contribution in [1.29, 1.82) is 0 Å². The van der Waals surface area contributed by atoms with Gasteiger partial charge < -0.3 is 19.6 Å². The van der Waals surface area contributed by atoms with Crippen molar-refractivity contribution in [1.82, 2.24) is 9.97 Å². The van der Waals surface area contributed by atoms with Gasteiger partial charge in [-0.3, -0.25) is 0 Å². The molecule has 0 fully saturated rings. The number of hydrogen-bond donors (Lipinski definition) is 2. The van der Waals surface area contributed by atoms with Crippen molar-refractivity contribution in [3.63, 3.8) is 0 Å². The molecule has 0 amide bonds. The molecule has 0 unspecified atom stereocenters. The molecule has 0 saturated carbocycles. The van der Waals surface area contributed by atoms with Crippen molar-refractivity contribution in [2.75, 3.05) is 14.2 Å². The number of rotatable bonds is 3. The monoisotopic (exact) mass is 248 g/mol. The number of ether oxygens (including phenoxy) is 2. The quantitative estimate of drug-likeness (QED) is 0.875. The SMILES string of the molecule is COc1cc(O)c(-c2nc(C)c(C)[nH]2)c(OC)c1. The lowest BCUT2D eigenvalue weighted by Crippen LogP contribution is -1.92. The summed E-state index contributed by atoms with van der Waals surface area (Å²) >= 11 is 0. The molecule has 5 heteroatoms. The van der Waals surface area contributed by atoms with Crippen LogP contribution in [-0.4, -0.2) is 29.3 Å². The van der Waals surface area contributed by atoms with Crippen molar-refractivity contribution >= 4 is 0 Å². The van der Waals surface area contributed by atoms with Crippen LogP contribution < -0.4 is 9.47 Å². The molecule has 1 heterocycles. The Hall–Kier alpha value is -2.17. The second kappa shape index (κ2) is 4.60. The Labute approximate surface area is 105 Å². The minimum atomic E-state index is 0.0694. The fraction of sp³-hybridized carbons (Fsp3) is 0.308. The highest BCUT2D eigenvalue weighted by atomic mass is 16.5. The first-order valence-electron chi connectivity index (χ1n) is 5.55. The maximum atomic E-state index is 10.1. The number of imidazole rings is 1. The van der Waals surface area contributed by atoms with E-state index in [9.17, 15) is 5.11 Å². The Morgan fingerprint density at radius 1 is 1.17 bits per heavy atom. The minimum Gasteiger partial charge on any atom is -0.507 e. The van der Waals surface area contributed by atoms with Crippen LogP contribution in [0.25, 0.3) is 11.4 Å². The largest absolute Gasteiger partial charge is 0.507 e. The Morgan fingerprint density at radius 2 is 1.89 bits per heavy atom. The smallest absolute Gasteiger partial charge is 0.145 e. The Morgan fingerprint density at radius 3 is 2.39 bits per heavy atom. The number of H-pyrrole nitrogens is 1. The van der Waals surface area contributed by atoms with E-state index in [0.717, 1.165) is 11.4 Å². The number of aromatic hydroxyl groups is 1. The van der Waals surface area contributed by atoms with Crippen LogP contribution in [0.5, 0.6) is 17.2 Å². The van der Waals surface area contributed by atoms with Gasteiger partial charge in [0.2, 0.25) is 0 Å². The third-order valence-electron chi connectivity index (χ3n) is 2.88. The van der Waals surface area contributed by atoms with Crippen molar-refractivity contribution < 1.29 is 14.6 Å². The van der Waals surface area contributed by atoms with E-state index in [-0.39, 0.29) is 5.75 Å². The Kier molecular flexibility index (Phi) is 3.14. The highest BCUT2D eigenvalue weighted by molar-refractivity contribution is 5.73. The van der Waals surface area contributed by atoms with Gasteiger partial charge in [0.1, 0.15) is 28.6 Å². The summed E-state index contributed by atoms with van der Waals surface area (Å²) in [6.07, 6.45) is 0. The van der Waals surface area contributed by atoms with Gasteiger partial charge in [0.15, 0.2) is 0 Å². The number of phenols is 1. The van der Waals surface area contributed by atoms with E-state index in [1.807, 2.05) is 13.8 Å². The summed E-state index contributed by atoms with van der Waals surface area (Å²) in [4.78, 5) is 7.49. The zero-order chi connectivity index (χ0) is 13.3. The molecule has 2 rings (SSSR count). The number of aromatic nitrogens is 2. The fourth-order valence-corrected chi connectivity index (χ4v) is 1.76. The zero-order valence-corrected chi connectivity index (χ0v) is 10.9. The van der Waals surface area contributed by atoms with Crippen LogP contribution >= 0.6 is 0 Å². The third kappa shape index (κ3) is 1.99. The summed E-state index contributed by atoms with van der Waals surface area (Å²) in [7, 11) is 3.08. The molecular formula is C13H16N2O3. The van der Waals surface area contributed by atoms with Gasteiger partial charge in [-0.25, -0.2) is 4.98 Å². The molecule has 2 N–H and O–H groups in total. The van der Waals surface area contributed by atoms with Gasteiger partial charge in [0.25, 0.3) is 0 Å². The highest BCUT2D eigenvalue weighted by Crippen LogP contribution is 2.39. The molecule has 96 valence electrons. The predicted molar refractivity (Wildman–Crippen MR) is 68.3 cm³/mol. The lowest BCUT2D eigenvalue weighted by molar-refractivity contribution is 0.386. The van der Waals surface area contributed by atoms with E-state index >= 15 is 0 Å². The van der Waals surface area contributed by atoms with Crippen molar-refractivity contribution in [3.8, 4) is 28.6 Å². The second-order valence-electron chi connectivity index (χ2n) is 4.02. The van der Waals surface area contributed by atoms with Crippen LogP contribution in [-0.2, 0) is 0 Å². The maximum Gasteiger partial charge on any atom is 0.145 e. The third-order valence-corrected chi connectivity index (χ3v) is 2.88. The maximum absolute atomic E-state index is 10.1. The summed E-state index contributed by atoms with van der Waals surface area (Å²) in [5.74, 6) is 1.70. The molecule has 0 aliphatic rings. The van der Waals surface area contributed by atoms with Gasteiger partial charge in [-0.15, -0.1) is 0 Å². The first kappa shape index (κ1) is 12.3. The van der Waals surface area contributed by atoms with Crippen LogP contribution in [0.3, 0.4) is 0 Å². The first-order valence-corrected chi connectivity index (χ1v) is 5.55. The van der Waals surface area contributed by atoms with E-state index in [4.69, 9.17) is 9.47 Å². The van der Waals surface area contributed by atoms with Crippen molar-refractivity contribution in [2.24, 2.45) is 0 Å². The molecule has 0 saturated heterocycles. The van der Waals surface area contributed by atoms with Gasteiger partial charge in [-0.1, -0.05) is 0 Å². The molecule has 2 aromatic rings. The van der Waals surface area contributed by atoms with E-state index in [0.29, 0.717) is 22.9 Å². The van der Waals surface area contributed by atoms with Crippen LogP contribution in [0.15, 0.2) is 12.1 Å². The molecule has 0 aliphatic carbocycles. The molecule has 0 atom stereocenters. The van der Waals surface area contributed by atoms with Gasteiger partial charge in [-0.2, -0.15) is 0 Å². The second-order valence-corrected chi connectivity index (χ2v) is 4.02. The van der Waals surface area contributed by atoms with Gasteiger partial charge in [0.05, 0.1) is 19.9 Å². The summed E-state index contributed by atoms with van der Waals surface area (Å²) in [6.45, 7) is 3.83. The molecule has 5 nitrogen and oxygen atoms in total. The lowest BCUT2D eigenvalue weighted by Gasteiger charge is -2.10. The highest BCUT2D eigenvalue weighted by Gasteiger charge is 2.17. The number of nitrogens with one attached hydrogen (secondary N) is 1. The van der Waals surface area contributed by atoms with Crippen LogP contribution in [0, 0.1) is 13.8 Å². The molecular weight excluding hydrogens is 232 g/mol. The average molecular weight is 248 g/mol. The van der Waals surface area contributed by atoms with Crippen LogP contribution in [0.1, 0.15) is 11.4 Å². The average Bonchev–Trinajstić information content (AvgIpc) is 2.67. The minimum absolute atomic E-state index is 0.0694. The van der Waals surface area contributed by atoms with Gasteiger partial charge in [0, 0.05) is 17.8 Å². The Bertz CT molecular complexity index is 556. The number of hydrogen-bond acceptors (Lipinski definition) is 4. The Balaban J connectivity index is 2.62. The summed E-state index contributed by atoms with van der Waals surface area (Å²) in [6, 6.07) is 3.24. The molecule has 0 bridgehead atoms. The van der Waals surface area contributed by atoms with Gasteiger partial charge in [-0.05, 0) is 13.8 Å². The van der Waals surface area contributed by atoms with Crippen molar-refractivity contribution in [2.45, 2.75) is 13.8 Å². The van der Waals surface area contributed by atoms with E-state index in [1.165, 1.54) is 13.2 Å². The fourth-order valence-electron chi connectivity index (χ4n) is 1.76. The summed E-state index contributed by atoms with van der Waals surface area (Å²) in [5, 5.41) is 10.1. The molecule has 0 aliphatic heterocycles. The topological polar surface area (TPSA) is 67.4 Å². The number of aromatic amines is 1. The molecule has 0 radical (unpaired) electrons. The van der Waals surface area contributed by atoms with Crippen LogP contribution in [0.2, 0.25) is 0 Å². The van der Waals surface area contributed by atoms with Crippen molar-refractivity contribution in [3.05, 3.63) is 23.5 Å². The van der Waals surface area contributed by atoms with E-state index < -0.39 is 0 Å². The summed E-state index contributed by atoms with van der Waals surface area (Å²) in [5.41, 5.74) is 2.39. The number of methoxy groups -OCH3 is 2. The molecule has 1 aromatic heterocycles. The van der Waals surface area contributed by atoms with E-state index in [2.05, 4.69) is 9.97 Å². The first-order chi connectivity index (χ1) is 8.56. The number of phenolic OH excluding ortho intramolecular Hbond substituents is 1. The molecule has 1 aromatic carbocycles. The predicted octanol–water partition coefficient (Wildman–Crippen LogP) is 2.42. The number of benzene rings is 1. The van der Waals surface area contributed by atoms with E-state index in [1.54, 1.807) is 13.2 Å². The molecule has 18 heavy (non-hydrogen) atoms. The lowest BCUT2D eigenvalue weighted by atomic mass is 10.1. The van der Waals surface area contributed by atoms with Gasteiger partial charge >= 0.3 is 0 Å². The standard InChI is InChI=1S/C13H16N2O3/c1-7-8(2)15-13(14-7)12-10(16)5-9(17-3)6-11(12)18-4/h5-6,16H,1-4H3,(H,14,15). The molecule has 0 spiro atoms. The normalized spacial score (nSPS) is 10.4. The zero-order valence-electron chi connectivity index (χ0n) is 10.9.